The van der Waals surface area contributed by atoms with Crippen molar-refractivity contribution < 1.29 is 9.90 Å². The summed E-state index contributed by atoms with van der Waals surface area (Å²) in [4.78, 5) is 21.2. The van der Waals surface area contributed by atoms with Gasteiger partial charge in [-0.05, 0) is 6.92 Å². The molecule has 1 aromatic rings. The van der Waals surface area contributed by atoms with Gasteiger partial charge in [0.25, 0.3) is 0 Å². The van der Waals surface area contributed by atoms with Gasteiger partial charge in [0.05, 0.1) is 6.42 Å². The van der Waals surface area contributed by atoms with Gasteiger partial charge in [-0.1, -0.05) is 0 Å². The average molecular weight is 253 g/mol. The number of aliphatic carboxylic acids is 1. The number of thioether (sulfide) groups is 1. The molecule has 1 aliphatic heterocycles. The normalized spacial score (nSPS) is 20.3. The molecule has 2 heterocycles. The largest absolute Gasteiger partial charge is 0.481 e. The summed E-state index contributed by atoms with van der Waals surface area (Å²) in [6.07, 6.45) is 1.69. The minimum atomic E-state index is -0.756. The van der Waals surface area contributed by atoms with Crippen LogP contribution in [-0.2, 0) is 4.79 Å². The molecule has 0 radical (unpaired) electrons. The third-order valence-corrected chi connectivity index (χ3v) is 3.81. The summed E-state index contributed by atoms with van der Waals surface area (Å²) in [5.41, 5.74) is 0.905. The van der Waals surface area contributed by atoms with E-state index in [1.165, 1.54) is 6.33 Å². The number of anilines is 1. The number of hydrogen-bond acceptors (Lipinski definition) is 5. The third-order valence-electron chi connectivity index (χ3n) is 2.72. The van der Waals surface area contributed by atoms with Crippen LogP contribution < -0.4 is 4.90 Å². The first kappa shape index (κ1) is 12.2. The highest BCUT2D eigenvalue weighted by molar-refractivity contribution is 7.99. The molecular weight excluding hydrogens is 238 g/mol. The molecule has 92 valence electrons. The quantitative estimate of drug-likeness (QED) is 0.872. The van der Waals surface area contributed by atoms with E-state index in [0.717, 1.165) is 29.6 Å². The number of aromatic nitrogens is 2. The summed E-state index contributed by atoms with van der Waals surface area (Å²) in [6, 6.07) is 1.94. The van der Waals surface area contributed by atoms with Crippen LogP contribution in [-0.4, -0.2) is 45.1 Å². The fourth-order valence-corrected chi connectivity index (χ4v) is 2.99. The first-order valence-corrected chi connectivity index (χ1v) is 6.67. The van der Waals surface area contributed by atoms with Crippen LogP contribution in [0.5, 0.6) is 0 Å². The van der Waals surface area contributed by atoms with Gasteiger partial charge >= 0.3 is 5.97 Å². The molecule has 1 fully saturated rings. The highest BCUT2D eigenvalue weighted by Gasteiger charge is 2.26. The zero-order valence-corrected chi connectivity index (χ0v) is 10.5. The van der Waals surface area contributed by atoms with Gasteiger partial charge < -0.3 is 10.0 Å². The zero-order chi connectivity index (χ0) is 12.3. The molecule has 1 atom stereocenters. The van der Waals surface area contributed by atoms with Crippen molar-refractivity contribution in [2.24, 2.45) is 0 Å². The van der Waals surface area contributed by atoms with Crippen molar-refractivity contribution in [3.05, 3.63) is 18.1 Å². The molecule has 1 aliphatic rings. The van der Waals surface area contributed by atoms with Crippen molar-refractivity contribution in [3.8, 4) is 0 Å². The lowest BCUT2D eigenvalue weighted by molar-refractivity contribution is -0.137. The summed E-state index contributed by atoms with van der Waals surface area (Å²) in [5.74, 6) is 1.94. The zero-order valence-electron chi connectivity index (χ0n) is 9.67. The molecule has 0 saturated carbocycles. The van der Waals surface area contributed by atoms with Gasteiger partial charge in [-0.2, -0.15) is 11.8 Å². The Bertz CT molecular complexity index is 413. The van der Waals surface area contributed by atoms with Crippen molar-refractivity contribution in [3.63, 3.8) is 0 Å². The van der Waals surface area contributed by atoms with Crippen LogP contribution in [0, 0.1) is 6.92 Å². The second-order valence-electron chi connectivity index (χ2n) is 4.04. The molecule has 1 unspecified atom stereocenters. The number of nitrogens with zero attached hydrogens (tertiary/aromatic N) is 3. The third kappa shape index (κ3) is 3.09. The predicted octanol–water partition coefficient (Wildman–Crippen LogP) is 1.18. The van der Waals surface area contributed by atoms with E-state index >= 15 is 0 Å². The predicted molar refractivity (Wildman–Crippen MR) is 67.5 cm³/mol. The van der Waals surface area contributed by atoms with Crippen LogP contribution >= 0.6 is 11.8 Å². The van der Waals surface area contributed by atoms with E-state index in [-0.39, 0.29) is 12.5 Å². The molecule has 1 aromatic heterocycles. The second-order valence-corrected chi connectivity index (χ2v) is 5.19. The first-order chi connectivity index (χ1) is 8.16. The fourth-order valence-electron chi connectivity index (χ4n) is 1.92. The lowest BCUT2D eigenvalue weighted by Crippen LogP contribution is -2.44. The van der Waals surface area contributed by atoms with Gasteiger partial charge in [0.1, 0.15) is 12.1 Å². The first-order valence-electron chi connectivity index (χ1n) is 5.51. The molecule has 0 amide bonds. The molecule has 2 rings (SSSR count). The second kappa shape index (κ2) is 5.35. The Kier molecular flexibility index (Phi) is 3.83. The maximum Gasteiger partial charge on any atom is 0.305 e. The molecular formula is C11H15N3O2S. The molecule has 5 nitrogen and oxygen atoms in total. The Morgan fingerprint density at radius 1 is 1.65 bits per heavy atom. The van der Waals surface area contributed by atoms with Gasteiger partial charge in [0.2, 0.25) is 0 Å². The SMILES string of the molecule is Cc1cc(N2CCSCC2CC(=O)O)ncn1. The average Bonchev–Trinajstić information content (AvgIpc) is 2.29. The van der Waals surface area contributed by atoms with Gasteiger partial charge in [-0.3, -0.25) is 4.79 Å². The Labute approximate surface area is 104 Å². The number of carboxylic acid groups (broad SMARTS) is 1. The number of carbonyl (C=O) groups is 1. The minimum Gasteiger partial charge on any atom is -0.481 e. The molecule has 17 heavy (non-hydrogen) atoms. The van der Waals surface area contributed by atoms with Gasteiger partial charge in [0.15, 0.2) is 0 Å². The fraction of sp³-hybridized carbons (Fsp3) is 0.545. The van der Waals surface area contributed by atoms with Gasteiger partial charge in [-0.15, -0.1) is 0 Å². The summed E-state index contributed by atoms with van der Waals surface area (Å²) >= 11 is 1.80. The summed E-state index contributed by atoms with van der Waals surface area (Å²) in [7, 11) is 0. The Balaban J connectivity index is 2.18. The van der Waals surface area contributed by atoms with Crippen LogP contribution in [0.25, 0.3) is 0 Å². The standard InChI is InChI=1S/C11H15N3O2S/c1-8-4-10(13-7-12-8)14-2-3-17-6-9(14)5-11(15)16/h4,7,9H,2-3,5-6H2,1H3,(H,15,16). The van der Waals surface area contributed by atoms with Crippen LogP contribution in [0.4, 0.5) is 5.82 Å². The van der Waals surface area contributed by atoms with Gasteiger partial charge in [0, 0.05) is 35.9 Å². The smallest absolute Gasteiger partial charge is 0.305 e. The van der Waals surface area contributed by atoms with Crippen molar-refractivity contribution >= 4 is 23.5 Å². The van der Waals surface area contributed by atoms with Crippen LogP contribution in [0.1, 0.15) is 12.1 Å². The van der Waals surface area contributed by atoms with Crippen molar-refractivity contribution in [2.45, 2.75) is 19.4 Å². The summed E-state index contributed by atoms with van der Waals surface area (Å²) < 4.78 is 0. The highest BCUT2D eigenvalue weighted by Crippen LogP contribution is 2.24. The van der Waals surface area contributed by atoms with Crippen LogP contribution in [0.2, 0.25) is 0 Å². The van der Waals surface area contributed by atoms with E-state index in [2.05, 4.69) is 14.9 Å². The molecule has 6 heteroatoms. The molecule has 0 spiro atoms. The van der Waals surface area contributed by atoms with E-state index < -0.39 is 5.97 Å². The van der Waals surface area contributed by atoms with E-state index in [0.29, 0.717) is 0 Å². The molecule has 0 aliphatic carbocycles. The van der Waals surface area contributed by atoms with Crippen molar-refractivity contribution in [2.75, 3.05) is 23.0 Å². The van der Waals surface area contributed by atoms with Crippen molar-refractivity contribution in [1.29, 1.82) is 0 Å². The van der Waals surface area contributed by atoms with Crippen LogP contribution in [0.3, 0.4) is 0 Å². The van der Waals surface area contributed by atoms with E-state index in [1.54, 1.807) is 11.8 Å². The number of rotatable bonds is 3. The van der Waals surface area contributed by atoms with E-state index in [9.17, 15) is 4.79 Å². The Morgan fingerprint density at radius 3 is 3.18 bits per heavy atom. The molecule has 1 N–H and O–H groups in total. The highest BCUT2D eigenvalue weighted by atomic mass is 32.2. The molecule has 1 saturated heterocycles. The number of hydrogen-bond donors (Lipinski definition) is 1. The maximum absolute atomic E-state index is 10.8. The monoisotopic (exact) mass is 253 g/mol. The van der Waals surface area contributed by atoms with Crippen molar-refractivity contribution in [1.82, 2.24) is 9.97 Å². The Morgan fingerprint density at radius 2 is 2.47 bits per heavy atom. The molecule has 0 bridgehead atoms. The maximum atomic E-state index is 10.8. The number of carboxylic acids is 1. The Hall–Kier alpha value is -1.30. The van der Waals surface area contributed by atoms with Crippen LogP contribution in [0.15, 0.2) is 12.4 Å². The van der Waals surface area contributed by atoms with E-state index in [1.807, 2.05) is 13.0 Å². The minimum absolute atomic E-state index is 0.0283. The van der Waals surface area contributed by atoms with Gasteiger partial charge in [-0.25, -0.2) is 9.97 Å². The number of aryl methyl sites for hydroxylation is 1. The summed E-state index contributed by atoms with van der Waals surface area (Å²) in [6.45, 7) is 2.76. The lowest BCUT2D eigenvalue weighted by Gasteiger charge is -2.35. The van der Waals surface area contributed by atoms with E-state index in [4.69, 9.17) is 5.11 Å². The summed E-state index contributed by atoms with van der Waals surface area (Å²) in [5, 5.41) is 8.92. The topological polar surface area (TPSA) is 66.3 Å². The molecule has 0 aromatic carbocycles. The lowest BCUT2D eigenvalue weighted by atomic mass is 10.2.